The second-order valence-electron chi connectivity index (χ2n) is 5.42. The summed E-state index contributed by atoms with van der Waals surface area (Å²) in [5.74, 6) is 0.349. The first-order valence-corrected chi connectivity index (χ1v) is 7.86. The van der Waals surface area contributed by atoms with E-state index >= 15 is 0 Å². The van der Waals surface area contributed by atoms with Crippen molar-refractivity contribution in [2.75, 3.05) is 26.9 Å². The fraction of sp³-hybridized carbons (Fsp3) is 0.533. The molecule has 3 N–H and O–H groups in total. The van der Waals surface area contributed by atoms with Gasteiger partial charge in [0.1, 0.15) is 5.60 Å². The number of hydrogen-bond donors (Lipinski definition) is 2. The van der Waals surface area contributed by atoms with E-state index in [0.29, 0.717) is 35.8 Å². The van der Waals surface area contributed by atoms with Gasteiger partial charge in [0.2, 0.25) is 0 Å². The minimum atomic E-state index is -0.368. The molecule has 2 atom stereocenters. The minimum Gasteiger partial charge on any atom is -0.378 e. The first kappa shape index (κ1) is 17.3. The third-order valence-corrected chi connectivity index (χ3v) is 4.39. The van der Waals surface area contributed by atoms with Gasteiger partial charge >= 0.3 is 0 Å². The molecule has 0 bridgehead atoms. The van der Waals surface area contributed by atoms with Gasteiger partial charge in [-0.25, -0.2) is 0 Å². The summed E-state index contributed by atoms with van der Waals surface area (Å²) in [5, 5.41) is 4.32. The number of nitrogens with zero attached hydrogens (tertiary/aromatic N) is 1. The van der Waals surface area contributed by atoms with E-state index in [0.717, 1.165) is 12.0 Å². The molecule has 122 valence electrons. The lowest BCUT2D eigenvalue weighted by atomic mass is 10.0. The fourth-order valence-corrected chi connectivity index (χ4v) is 2.94. The predicted molar refractivity (Wildman–Crippen MR) is 89.7 cm³/mol. The summed E-state index contributed by atoms with van der Waals surface area (Å²) in [6.07, 6.45) is 0.818. The van der Waals surface area contributed by atoms with Gasteiger partial charge in [0.05, 0.1) is 19.2 Å². The molecule has 1 aromatic rings. The van der Waals surface area contributed by atoms with Gasteiger partial charge in [-0.3, -0.25) is 4.99 Å². The molecular formula is C15H21Cl2N3O2. The van der Waals surface area contributed by atoms with Crippen LogP contribution >= 0.6 is 23.2 Å². The minimum absolute atomic E-state index is 0.0770. The number of methoxy groups -OCH3 is 1. The average molecular weight is 346 g/mol. The van der Waals surface area contributed by atoms with Crippen LogP contribution < -0.4 is 11.1 Å². The zero-order chi connectivity index (χ0) is 16.2. The highest BCUT2D eigenvalue weighted by Gasteiger charge is 2.34. The highest BCUT2D eigenvalue weighted by molar-refractivity contribution is 6.35. The molecule has 2 unspecified atom stereocenters. The van der Waals surface area contributed by atoms with Gasteiger partial charge in [0.15, 0.2) is 5.96 Å². The number of halogens is 2. The Balaban J connectivity index is 1.98. The largest absolute Gasteiger partial charge is 0.378 e. The van der Waals surface area contributed by atoms with Gasteiger partial charge < -0.3 is 20.5 Å². The molecule has 1 aliphatic rings. The molecule has 0 aliphatic carbocycles. The predicted octanol–water partition coefficient (Wildman–Crippen LogP) is 2.76. The molecule has 0 saturated carbocycles. The Labute approximate surface area is 140 Å². The van der Waals surface area contributed by atoms with Gasteiger partial charge in [-0.05, 0) is 24.6 Å². The van der Waals surface area contributed by atoms with E-state index in [1.807, 2.05) is 13.0 Å². The molecule has 7 heteroatoms. The van der Waals surface area contributed by atoms with Crippen LogP contribution in [0.3, 0.4) is 0 Å². The van der Waals surface area contributed by atoms with Gasteiger partial charge in [-0.1, -0.05) is 29.3 Å². The van der Waals surface area contributed by atoms with Crippen LogP contribution in [0.15, 0.2) is 23.2 Å². The lowest BCUT2D eigenvalue weighted by Crippen LogP contribution is -2.39. The number of nitrogens with two attached hydrogens (primary N) is 1. The van der Waals surface area contributed by atoms with Gasteiger partial charge in [0.25, 0.3) is 0 Å². The number of nitrogens with one attached hydrogen (secondary N) is 1. The summed E-state index contributed by atoms with van der Waals surface area (Å²) in [5.41, 5.74) is 6.50. The van der Waals surface area contributed by atoms with Gasteiger partial charge in [0, 0.05) is 30.2 Å². The molecule has 1 heterocycles. The van der Waals surface area contributed by atoms with Crippen LogP contribution in [0.1, 0.15) is 24.9 Å². The van der Waals surface area contributed by atoms with E-state index in [1.165, 1.54) is 0 Å². The normalized spacial score (nSPS) is 23.5. The zero-order valence-electron chi connectivity index (χ0n) is 12.7. The summed E-state index contributed by atoms with van der Waals surface area (Å²) < 4.78 is 10.9. The van der Waals surface area contributed by atoms with Crippen LogP contribution in [-0.4, -0.2) is 38.4 Å². The van der Waals surface area contributed by atoms with Crippen LogP contribution in [0.2, 0.25) is 10.0 Å². The lowest BCUT2D eigenvalue weighted by Gasteiger charge is -2.24. The molecule has 0 aromatic heterocycles. The van der Waals surface area contributed by atoms with E-state index < -0.39 is 0 Å². The standard InChI is InChI=1S/C15H21Cl2N3O2/c1-10(12-4-3-11(16)7-13(12)17)20-14(18)19-8-15(21-2)5-6-22-9-15/h3-4,7,10H,5-6,8-9H2,1-2H3,(H3,18,19,20). The van der Waals surface area contributed by atoms with E-state index in [9.17, 15) is 0 Å². The van der Waals surface area contributed by atoms with E-state index in [-0.39, 0.29) is 11.6 Å². The monoisotopic (exact) mass is 345 g/mol. The van der Waals surface area contributed by atoms with Crippen molar-refractivity contribution >= 4 is 29.2 Å². The van der Waals surface area contributed by atoms with E-state index in [4.69, 9.17) is 38.4 Å². The Morgan fingerprint density at radius 3 is 2.91 bits per heavy atom. The molecular weight excluding hydrogens is 325 g/mol. The Hall–Kier alpha value is -1.01. The van der Waals surface area contributed by atoms with Gasteiger partial charge in [-0.15, -0.1) is 0 Å². The maximum absolute atomic E-state index is 6.19. The van der Waals surface area contributed by atoms with E-state index in [2.05, 4.69) is 10.3 Å². The molecule has 1 aliphatic heterocycles. The number of hydrogen-bond acceptors (Lipinski definition) is 3. The molecule has 1 aromatic carbocycles. The summed E-state index contributed by atoms with van der Waals surface area (Å²) in [4.78, 5) is 4.37. The van der Waals surface area contributed by atoms with Crippen molar-refractivity contribution in [3.63, 3.8) is 0 Å². The maximum atomic E-state index is 6.19. The van der Waals surface area contributed by atoms with Crippen molar-refractivity contribution in [1.82, 2.24) is 5.32 Å². The summed E-state index contributed by atoms with van der Waals surface area (Å²) in [6, 6.07) is 5.30. The third kappa shape index (κ3) is 4.26. The number of benzene rings is 1. The van der Waals surface area contributed by atoms with Gasteiger partial charge in [-0.2, -0.15) is 0 Å². The average Bonchev–Trinajstić information content (AvgIpc) is 2.94. The van der Waals surface area contributed by atoms with Crippen molar-refractivity contribution in [3.8, 4) is 0 Å². The van der Waals surface area contributed by atoms with Crippen molar-refractivity contribution in [2.45, 2.75) is 25.0 Å². The highest BCUT2D eigenvalue weighted by atomic mass is 35.5. The molecule has 0 amide bonds. The van der Waals surface area contributed by atoms with Crippen LogP contribution in [0, 0.1) is 0 Å². The van der Waals surface area contributed by atoms with Crippen LogP contribution in [0.5, 0.6) is 0 Å². The SMILES string of the molecule is COC1(CN=C(N)NC(C)c2ccc(Cl)cc2Cl)CCOC1. The number of aliphatic imine (C=N–C) groups is 1. The molecule has 5 nitrogen and oxygen atoms in total. The number of ether oxygens (including phenoxy) is 2. The first-order chi connectivity index (χ1) is 10.5. The Morgan fingerprint density at radius 1 is 1.55 bits per heavy atom. The Kier molecular flexibility index (Phi) is 5.92. The van der Waals surface area contributed by atoms with Crippen LogP contribution in [0.4, 0.5) is 0 Å². The molecule has 22 heavy (non-hydrogen) atoms. The molecule has 0 spiro atoms. The van der Waals surface area contributed by atoms with Crippen LogP contribution in [-0.2, 0) is 9.47 Å². The molecule has 1 saturated heterocycles. The zero-order valence-corrected chi connectivity index (χ0v) is 14.2. The second-order valence-corrected chi connectivity index (χ2v) is 6.27. The Morgan fingerprint density at radius 2 is 2.32 bits per heavy atom. The fourth-order valence-electron chi connectivity index (χ4n) is 2.37. The van der Waals surface area contributed by atoms with Crippen LogP contribution in [0.25, 0.3) is 0 Å². The third-order valence-electron chi connectivity index (χ3n) is 3.83. The lowest BCUT2D eigenvalue weighted by molar-refractivity contribution is -0.00906. The maximum Gasteiger partial charge on any atom is 0.189 e. The van der Waals surface area contributed by atoms with Crippen molar-refractivity contribution < 1.29 is 9.47 Å². The number of rotatable bonds is 5. The summed E-state index contributed by atoms with van der Waals surface area (Å²) in [7, 11) is 1.67. The quantitative estimate of drug-likeness (QED) is 0.635. The second kappa shape index (κ2) is 7.51. The van der Waals surface area contributed by atoms with Crippen molar-refractivity contribution in [1.29, 1.82) is 0 Å². The van der Waals surface area contributed by atoms with E-state index in [1.54, 1.807) is 19.2 Å². The topological polar surface area (TPSA) is 68.9 Å². The smallest absolute Gasteiger partial charge is 0.189 e. The Bertz CT molecular complexity index is 546. The first-order valence-electron chi connectivity index (χ1n) is 7.10. The number of guanidine groups is 1. The van der Waals surface area contributed by atoms with Crippen molar-refractivity contribution in [2.24, 2.45) is 10.7 Å². The summed E-state index contributed by atoms with van der Waals surface area (Å²) in [6.45, 7) is 3.65. The molecule has 0 radical (unpaired) electrons. The van der Waals surface area contributed by atoms with Crippen molar-refractivity contribution in [3.05, 3.63) is 33.8 Å². The summed E-state index contributed by atoms with van der Waals surface area (Å²) >= 11 is 12.1. The molecule has 1 fully saturated rings. The highest BCUT2D eigenvalue weighted by Crippen LogP contribution is 2.26. The molecule has 2 rings (SSSR count).